The lowest BCUT2D eigenvalue weighted by Gasteiger charge is -2.37. The van der Waals surface area contributed by atoms with Crippen molar-refractivity contribution in [2.75, 3.05) is 17.3 Å². The van der Waals surface area contributed by atoms with Crippen molar-refractivity contribution in [3.63, 3.8) is 0 Å². The maximum Gasteiger partial charge on any atom is 0.329 e. The predicted octanol–water partition coefficient (Wildman–Crippen LogP) is 2.23. The Bertz CT molecular complexity index is 1040. The molecule has 0 aliphatic carbocycles. The molecule has 2 aliphatic rings. The van der Waals surface area contributed by atoms with E-state index in [4.69, 9.17) is 0 Å². The predicted molar refractivity (Wildman–Crippen MR) is 101 cm³/mol. The molecular weight excluding hydrogens is 382 g/mol. The van der Waals surface area contributed by atoms with Crippen LogP contribution in [0.25, 0.3) is 0 Å². The second-order valence-electron chi connectivity index (χ2n) is 6.71. The first kappa shape index (κ1) is 18.6. The number of imide groups is 1. The molecule has 1 saturated heterocycles. The molecule has 0 saturated carbocycles. The summed E-state index contributed by atoms with van der Waals surface area (Å²) in [4.78, 5) is 40.8. The molecule has 2 atom stereocenters. The van der Waals surface area contributed by atoms with Crippen LogP contribution >= 0.6 is 0 Å². The van der Waals surface area contributed by atoms with E-state index in [0.717, 1.165) is 17.0 Å². The zero-order chi connectivity index (χ0) is 20.7. The number of amides is 4. The Morgan fingerprint density at radius 2 is 1.83 bits per heavy atom. The number of fused-ring (bicyclic) bond motifs is 1. The van der Waals surface area contributed by atoms with Crippen LogP contribution in [0.1, 0.15) is 0 Å². The monoisotopic (exact) mass is 398 g/mol. The number of urea groups is 1. The molecule has 9 heteroatoms. The molecule has 0 bridgehead atoms. The van der Waals surface area contributed by atoms with Crippen LogP contribution in [-0.2, 0) is 9.59 Å². The second-order valence-corrected chi connectivity index (χ2v) is 6.71. The van der Waals surface area contributed by atoms with E-state index >= 15 is 0 Å². The van der Waals surface area contributed by atoms with E-state index in [-0.39, 0.29) is 11.3 Å². The normalized spacial score (nSPS) is 20.9. The van der Waals surface area contributed by atoms with Gasteiger partial charge in [0.15, 0.2) is 0 Å². The van der Waals surface area contributed by atoms with Gasteiger partial charge in [-0.15, -0.1) is 0 Å². The molecule has 2 aliphatic heterocycles. The summed E-state index contributed by atoms with van der Waals surface area (Å²) in [5.74, 6) is -2.89. The number of rotatable bonds is 3. The summed E-state index contributed by atoms with van der Waals surface area (Å²) < 4.78 is 26.9. The van der Waals surface area contributed by atoms with Gasteiger partial charge in [0, 0.05) is 19.3 Å². The van der Waals surface area contributed by atoms with Crippen molar-refractivity contribution in [1.29, 1.82) is 0 Å². The summed E-state index contributed by atoms with van der Waals surface area (Å²) in [7, 11) is 1.61. The quantitative estimate of drug-likeness (QED) is 0.831. The lowest BCUT2D eigenvalue weighted by molar-refractivity contribution is -0.122. The average molecular weight is 398 g/mol. The SMILES string of the molecule is CN1C=C(C(=O)Nc2ccc(F)cc2F)C2NC(=O)N(c3ccccc3)C(=O)C21. The van der Waals surface area contributed by atoms with Gasteiger partial charge >= 0.3 is 6.03 Å². The Morgan fingerprint density at radius 3 is 2.52 bits per heavy atom. The molecule has 0 aromatic heterocycles. The summed E-state index contributed by atoms with van der Waals surface area (Å²) in [6, 6.07) is 8.80. The number of hydrogen-bond donors (Lipinski definition) is 2. The van der Waals surface area contributed by atoms with Crippen LogP contribution in [0.5, 0.6) is 0 Å². The van der Waals surface area contributed by atoms with Crippen LogP contribution in [0, 0.1) is 11.6 Å². The Morgan fingerprint density at radius 1 is 1.10 bits per heavy atom. The highest BCUT2D eigenvalue weighted by Gasteiger charge is 2.49. The van der Waals surface area contributed by atoms with Gasteiger partial charge in [0.1, 0.15) is 17.7 Å². The van der Waals surface area contributed by atoms with Crippen LogP contribution < -0.4 is 15.5 Å². The number of nitrogens with zero attached hydrogens (tertiary/aromatic N) is 2. The highest BCUT2D eigenvalue weighted by atomic mass is 19.1. The molecule has 7 nitrogen and oxygen atoms in total. The molecule has 2 N–H and O–H groups in total. The molecule has 2 unspecified atom stereocenters. The van der Waals surface area contributed by atoms with E-state index in [1.54, 1.807) is 37.4 Å². The van der Waals surface area contributed by atoms with Crippen LogP contribution in [-0.4, -0.2) is 41.9 Å². The summed E-state index contributed by atoms with van der Waals surface area (Å²) >= 11 is 0. The highest BCUT2D eigenvalue weighted by molar-refractivity contribution is 6.20. The maximum absolute atomic E-state index is 13.9. The van der Waals surface area contributed by atoms with Crippen molar-refractivity contribution in [1.82, 2.24) is 10.2 Å². The lowest BCUT2D eigenvalue weighted by Crippen LogP contribution is -2.65. The minimum absolute atomic E-state index is 0.0932. The lowest BCUT2D eigenvalue weighted by atomic mass is 9.99. The van der Waals surface area contributed by atoms with Gasteiger partial charge in [0.25, 0.3) is 11.8 Å². The molecule has 1 fully saturated rings. The summed E-state index contributed by atoms with van der Waals surface area (Å²) in [6.45, 7) is 0. The van der Waals surface area contributed by atoms with Crippen molar-refractivity contribution in [2.24, 2.45) is 0 Å². The Kier molecular flexibility index (Phi) is 4.50. The maximum atomic E-state index is 13.9. The van der Waals surface area contributed by atoms with Crippen molar-refractivity contribution < 1.29 is 23.2 Å². The Hall–Kier alpha value is -3.75. The van der Waals surface area contributed by atoms with E-state index in [1.165, 1.54) is 11.1 Å². The fourth-order valence-electron chi connectivity index (χ4n) is 3.50. The highest BCUT2D eigenvalue weighted by Crippen LogP contribution is 2.30. The minimum atomic E-state index is -0.930. The van der Waals surface area contributed by atoms with Gasteiger partial charge in [-0.3, -0.25) is 9.59 Å². The molecule has 148 valence electrons. The number of para-hydroxylation sites is 1. The van der Waals surface area contributed by atoms with E-state index in [1.807, 2.05) is 0 Å². The van der Waals surface area contributed by atoms with Crippen molar-refractivity contribution in [3.05, 3.63) is 71.9 Å². The number of halogens is 2. The van der Waals surface area contributed by atoms with E-state index < -0.39 is 41.6 Å². The number of nitrogens with one attached hydrogen (secondary N) is 2. The van der Waals surface area contributed by atoms with E-state index in [9.17, 15) is 23.2 Å². The average Bonchev–Trinajstić information content (AvgIpc) is 3.01. The molecule has 2 heterocycles. The smallest absolute Gasteiger partial charge is 0.329 e. The zero-order valence-corrected chi connectivity index (χ0v) is 15.2. The molecular formula is C20H16F2N4O3. The van der Waals surface area contributed by atoms with Gasteiger partial charge in [0.05, 0.1) is 23.0 Å². The van der Waals surface area contributed by atoms with Crippen molar-refractivity contribution in [2.45, 2.75) is 12.1 Å². The van der Waals surface area contributed by atoms with Crippen LogP contribution in [0.4, 0.5) is 25.0 Å². The Labute approximate surface area is 164 Å². The first-order valence-corrected chi connectivity index (χ1v) is 8.76. The molecule has 0 radical (unpaired) electrons. The first-order valence-electron chi connectivity index (χ1n) is 8.76. The van der Waals surface area contributed by atoms with Crippen LogP contribution in [0.2, 0.25) is 0 Å². The van der Waals surface area contributed by atoms with E-state index in [2.05, 4.69) is 10.6 Å². The molecule has 4 rings (SSSR count). The van der Waals surface area contributed by atoms with Gasteiger partial charge in [-0.05, 0) is 24.3 Å². The van der Waals surface area contributed by atoms with Gasteiger partial charge < -0.3 is 15.5 Å². The third-order valence-corrected chi connectivity index (χ3v) is 4.84. The van der Waals surface area contributed by atoms with Crippen molar-refractivity contribution in [3.8, 4) is 0 Å². The van der Waals surface area contributed by atoms with Gasteiger partial charge in [-0.2, -0.15) is 0 Å². The van der Waals surface area contributed by atoms with E-state index in [0.29, 0.717) is 11.8 Å². The molecule has 0 spiro atoms. The summed E-state index contributed by atoms with van der Waals surface area (Å²) in [6.07, 6.45) is 1.43. The molecule has 2 aromatic carbocycles. The standard InChI is InChI=1S/C20H16F2N4O3/c1-25-10-13(18(27)23-15-8-7-11(21)9-14(15)22)16-17(25)19(28)26(20(29)24-16)12-5-3-2-4-6-12/h2-10,16-17H,1H3,(H,23,27)(H,24,29). The fraction of sp³-hybridized carbons (Fsp3) is 0.150. The summed E-state index contributed by atoms with van der Waals surface area (Å²) in [5, 5.41) is 5.02. The number of carbonyl (C=O) groups excluding carboxylic acids is 3. The summed E-state index contributed by atoms with van der Waals surface area (Å²) in [5.41, 5.74) is 0.298. The van der Waals surface area contributed by atoms with Gasteiger partial charge in [-0.1, -0.05) is 18.2 Å². The third-order valence-electron chi connectivity index (χ3n) is 4.84. The number of anilines is 2. The number of hydrogen-bond acceptors (Lipinski definition) is 4. The fourth-order valence-corrected chi connectivity index (χ4v) is 3.50. The van der Waals surface area contributed by atoms with Crippen LogP contribution in [0.3, 0.4) is 0 Å². The number of carbonyl (C=O) groups is 3. The zero-order valence-electron chi connectivity index (χ0n) is 15.2. The number of likely N-dealkylation sites (N-methyl/N-ethyl adjacent to an activating group) is 1. The first-order chi connectivity index (χ1) is 13.9. The number of benzene rings is 2. The minimum Gasteiger partial charge on any atom is -0.366 e. The largest absolute Gasteiger partial charge is 0.366 e. The molecule has 2 aromatic rings. The third kappa shape index (κ3) is 3.20. The molecule has 4 amide bonds. The van der Waals surface area contributed by atoms with Gasteiger partial charge in [-0.25, -0.2) is 18.5 Å². The van der Waals surface area contributed by atoms with Crippen LogP contribution in [0.15, 0.2) is 60.3 Å². The molecule has 29 heavy (non-hydrogen) atoms. The Balaban J connectivity index is 1.58. The van der Waals surface area contributed by atoms with Crippen molar-refractivity contribution >= 4 is 29.2 Å². The topological polar surface area (TPSA) is 81.8 Å². The van der Waals surface area contributed by atoms with Gasteiger partial charge in [0.2, 0.25) is 0 Å². The second kappa shape index (κ2) is 7.01.